The molecule has 21 heavy (non-hydrogen) atoms. The molecule has 0 aliphatic rings. The minimum absolute atomic E-state index is 0.0342. The number of hydrogen-bond acceptors (Lipinski definition) is 5. The van der Waals surface area contributed by atoms with Crippen LogP contribution in [0, 0.1) is 10.1 Å². The average molecular weight is 289 g/mol. The van der Waals surface area contributed by atoms with Crippen molar-refractivity contribution >= 4 is 16.7 Å². The molecule has 0 aliphatic carbocycles. The second-order valence-electron chi connectivity index (χ2n) is 4.63. The number of carbonyl (C=O) groups excluding carboxylic acids is 1. The van der Waals surface area contributed by atoms with Crippen LogP contribution >= 0.6 is 0 Å². The molecule has 0 aromatic heterocycles. The molecule has 0 saturated carbocycles. The summed E-state index contributed by atoms with van der Waals surface area (Å²) >= 11 is 0. The summed E-state index contributed by atoms with van der Waals surface area (Å²) in [6, 6.07) is 12.1. The molecule has 0 spiro atoms. The van der Waals surface area contributed by atoms with Crippen LogP contribution in [-0.4, -0.2) is 29.2 Å². The molecule has 0 saturated heterocycles. The van der Waals surface area contributed by atoms with Gasteiger partial charge in [-0.2, -0.15) is 0 Å². The molecule has 6 nitrogen and oxygen atoms in total. The van der Waals surface area contributed by atoms with Crippen molar-refractivity contribution in [3.05, 3.63) is 58.1 Å². The molecule has 2 aromatic carbocycles. The fourth-order valence-corrected chi connectivity index (χ4v) is 2.16. The quantitative estimate of drug-likeness (QED) is 0.515. The Morgan fingerprint density at radius 1 is 1.29 bits per heavy atom. The number of esters is 1. The fourth-order valence-electron chi connectivity index (χ4n) is 2.16. The summed E-state index contributed by atoms with van der Waals surface area (Å²) in [7, 11) is 0. The van der Waals surface area contributed by atoms with Gasteiger partial charge in [0.05, 0.1) is 6.61 Å². The fraction of sp³-hybridized carbons (Fsp3) is 0.267. The van der Waals surface area contributed by atoms with Gasteiger partial charge in [-0.05, 0) is 23.8 Å². The number of rotatable bonds is 5. The van der Waals surface area contributed by atoms with Crippen LogP contribution in [0.2, 0.25) is 0 Å². The Kier molecular flexibility index (Phi) is 4.18. The topological polar surface area (TPSA) is 89.7 Å². The van der Waals surface area contributed by atoms with Crippen LogP contribution < -0.4 is 0 Å². The van der Waals surface area contributed by atoms with E-state index in [1.807, 2.05) is 18.2 Å². The molecule has 0 radical (unpaired) electrons. The first-order valence-electron chi connectivity index (χ1n) is 6.48. The van der Waals surface area contributed by atoms with Crippen LogP contribution in [0.25, 0.3) is 10.8 Å². The third kappa shape index (κ3) is 3.00. The van der Waals surface area contributed by atoms with Crippen LogP contribution in [0.5, 0.6) is 0 Å². The first kappa shape index (κ1) is 14.9. The minimum Gasteiger partial charge on any atom is -0.463 e. The second-order valence-corrected chi connectivity index (χ2v) is 4.63. The second kappa shape index (κ2) is 5.88. The third-order valence-electron chi connectivity index (χ3n) is 3.20. The van der Waals surface area contributed by atoms with Crippen LogP contribution in [0.1, 0.15) is 12.5 Å². The predicted octanol–water partition coefficient (Wildman–Crippen LogP) is 1.87. The monoisotopic (exact) mass is 289 g/mol. The van der Waals surface area contributed by atoms with E-state index in [0.29, 0.717) is 0 Å². The molecule has 0 aliphatic heterocycles. The zero-order valence-corrected chi connectivity index (χ0v) is 11.5. The van der Waals surface area contributed by atoms with Crippen molar-refractivity contribution in [2.75, 3.05) is 13.2 Å². The van der Waals surface area contributed by atoms with Crippen LogP contribution in [-0.2, 0) is 15.1 Å². The van der Waals surface area contributed by atoms with Crippen molar-refractivity contribution in [2.45, 2.75) is 12.5 Å². The number of nitro groups is 1. The molecule has 0 fully saturated rings. The van der Waals surface area contributed by atoms with Gasteiger partial charge in [-0.3, -0.25) is 10.1 Å². The van der Waals surface area contributed by atoms with Gasteiger partial charge in [0.15, 0.2) is 0 Å². The molecule has 0 bridgehead atoms. The zero-order chi connectivity index (χ0) is 15.5. The van der Waals surface area contributed by atoms with E-state index in [4.69, 9.17) is 4.74 Å². The molecule has 0 heterocycles. The van der Waals surface area contributed by atoms with E-state index in [1.54, 1.807) is 25.1 Å². The molecule has 1 atom stereocenters. The Bertz CT molecular complexity index is 685. The van der Waals surface area contributed by atoms with Gasteiger partial charge in [-0.15, -0.1) is 0 Å². The van der Waals surface area contributed by atoms with Crippen molar-refractivity contribution in [2.24, 2.45) is 0 Å². The molecule has 0 unspecified atom stereocenters. The van der Waals surface area contributed by atoms with E-state index in [0.717, 1.165) is 10.8 Å². The SMILES string of the molecule is CCOC(=O)[C@@](O)(C[N+](=O)[O-])c1ccc2ccccc2c1. The summed E-state index contributed by atoms with van der Waals surface area (Å²) in [6.07, 6.45) is 0. The molecule has 1 N–H and O–H groups in total. The zero-order valence-electron chi connectivity index (χ0n) is 11.5. The maximum Gasteiger partial charge on any atom is 0.349 e. The van der Waals surface area contributed by atoms with Crippen LogP contribution in [0.15, 0.2) is 42.5 Å². The van der Waals surface area contributed by atoms with Gasteiger partial charge in [0.25, 0.3) is 5.60 Å². The molecule has 2 aromatic rings. The molecule has 2 rings (SSSR count). The largest absolute Gasteiger partial charge is 0.463 e. The van der Waals surface area contributed by atoms with Crippen molar-refractivity contribution in [1.29, 1.82) is 0 Å². The van der Waals surface area contributed by atoms with E-state index in [-0.39, 0.29) is 12.2 Å². The summed E-state index contributed by atoms with van der Waals surface area (Å²) in [6.45, 7) is 0.668. The Morgan fingerprint density at radius 3 is 2.57 bits per heavy atom. The van der Waals surface area contributed by atoms with Gasteiger partial charge < -0.3 is 9.84 Å². The van der Waals surface area contributed by atoms with E-state index in [2.05, 4.69) is 0 Å². The molecule has 0 amide bonds. The number of fused-ring (bicyclic) bond motifs is 1. The van der Waals surface area contributed by atoms with E-state index >= 15 is 0 Å². The van der Waals surface area contributed by atoms with Gasteiger partial charge in [-0.25, -0.2) is 4.79 Å². The van der Waals surface area contributed by atoms with Crippen LogP contribution in [0.4, 0.5) is 0 Å². The lowest BCUT2D eigenvalue weighted by molar-refractivity contribution is -0.499. The minimum atomic E-state index is -2.29. The highest BCUT2D eigenvalue weighted by molar-refractivity contribution is 5.87. The highest BCUT2D eigenvalue weighted by Gasteiger charge is 2.45. The number of hydrogen-bond donors (Lipinski definition) is 1. The van der Waals surface area contributed by atoms with E-state index in [1.165, 1.54) is 6.07 Å². The van der Waals surface area contributed by atoms with Gasteiger partial charge in [0.1, 0.15) is 0 Å². The Balaban J connectivity index is 2.52. The average Bonchev–Trinajstić information content (AvgIpc) is 2.46. The summed E-state index contributed by atoms with van der Waals surface area (Å²) in [4.78, 5) is 22.0. The lowest BCUT2D eigenvalue weighted by Crippen LogP contribution is -2.43. The Hall–Kier alpha value is -2.47. The maximum atomic E-state index is 12.0. The summed E-state index contributed by atoms with van der Waals surface area (Å²) in [5.41, 5.74) is -2.14. The molecular weight excluding hydrogens is 274 g/mol. The first-order chi connectivity index (χ1) is 9.97. The summed E-state index contributed by atoms with van der Waals surface area (Å²) in [5.74, 6) is -1.02. The van der Waals surface area contributed by atoms with Crippen LogP contribution in [0.3, 0.4) is 0 Å². The predicted molar refractivity (Wildman–Crippen MR) is 76.3 cm³/mol. The molecule has 6 heteroatoms. The third-order valence-corrected chi connectivity index (χ3v) is 3.20. The van der Waals surface area contributed by atoms with Gasteiger partial charge in [0.2, 0.25) is 6.54 Å². The van der Waals surface area contributed by atoms with Crippen molar-refractivity contribution in [3.8, 4) is 0 Å². The van der Waals surface area contributed by atoms with Gasteiger partial charge in [-0.1, -0.05) is 36.4 Å². The number of nitrogens with zero attached hydrogens (tertiary/aromatic N) is 1. The highest BCUT2D eigenvalue weighted by atomic mass is 16.6. The maximum absolute atomic E-state index is 12.0. The number of aliphatic hydroxyl groups is 1. The number of benzene rings is 2. The highest BCUT2D eigenvalue weighted by Crippen LogP contribution is 2.27. The Morgan fingerprint density at radius 2 is 1.95 bits per heavy atom. The summed E-state index contributed by atoms with van der Waals surface area (Å²) < 4.78 is 4.78. The van der Waals surface area contributed by atoms with Crippen molar-refractivity contribution in [1.82, 2.24) is 0 Å². The summed E-state index contributed by atoms with van der Waals surface area (Å²) in [5, 5.41) is 23.0. The number of ether oxygens (including phenoxy) is 1. The Labute approximate surface area is 121 Å². The van der Waals surface area contributed by atoms with Gasteiger partial charge in [0, 0.05) is 10.5 Å². The first-order valence-corrected chi connectivity index (χ1v) is 6.48. The van der Waals surface area contributed by atoms with Crippen molar-refractivity contribution < 1.29 is 19.6 Å². The normalized spacial score (nSPS) is 13.6. The lowest BCUT2D eigenvalue weighted by atomic mass is 9.92. The standard InChI is InChI=1S/C15H15NO5/c1-2-21-14(17)15(18,10-16(19)20)13-8-7-11-5-3-4-6-12(11)9-13/h3-9,18H,2,10H2,1H3/t15-/m1/s1. The number of carbonyl (C=O) groups is 1. The van der Waals surface area contributed by atoms with E-state index in [9.17, 15) is 20.0 Å². The lowest BCUT2D eigenvalue weighted by Gasteiger charge is -2.22. The van der Waals surface area contributed by atoms with Crippen molar-refractivity contribution in [3.63, 3.8) is 0 Å². The molecular formula is C15H15NO5. The molecule has 110 valence electrons. The van der Waals surface area contributed by atoms with Gasteiger partial charge >= 0.3 is 5.97 Å². The van der Waals surface area contributed by atoms with E-state index < -0.39 is 23.0 Å². The smallest absolute Gasteiger partial charge is 0.349 e.